The van der Waals surface area contributed by atoms with Gasteiger partial charge in [0.05, 0.1) is 6.61 Å². The molecule has 6 nitrogen and oxygen atoms in total. The molecule has 0 fully saturated rings. The third-order valence-electron chi connectivity index (χ3n) is 10.00. The summed E-state index contributed by atoms with van der Waals surface area (Å²) >= 11 is 0. The van der Waals surface area contributed by atoms with Crippen LogP contribution in [0.2, 0.25) is 0 Å². The molecule has 0 saturated heterocycles. The second-order valence-corrected chi connectivity index (χ2v) is 15.0. The van der Waals surface area contributed by atoms with E-state index < -0.39 is 0 Å². The van der Waals surface area contributed by atoms with Crippen molar-refractivity contribution in [3.8, 4) is 0 Å². The molecule has 0 aliphatic rings. The lowest BCUT2D eigenvalue weighted by atomic mass is 10.0. The summed E-state index contributed by atoms with van der Waals surface area (Å²) < 4.78 is 11.7. The van der Waals surface area contributed by atoms with Crippen molar-refractivity contribution in [1.82, 2.24) is 4.90 Å². The van der Waals surface area contributed by atoms with Crippen LogP contribution in [0.1, 0.15) is 227 Å². The van der Waals surface area contributed by atoms with Crippen molar-refractivity contribution in [1.29, 1.82) is 0 Å². The molecule has 6 heteroatoms. The molecule has 1 atom stereocenters. The van der Waals surface area contributed by atoms with Gasteiger partial charge in [0.2, 0.25) is 0 Å². The number of aliphatic hydroxyl groups is 1. The molecule has 1 unspecified atom stereocenters. The van der Waals surface area contributed by atoms with Crippen LogP contribution in [-0.4, -0.2) is 60.4 Å². The van der Waals surface area contributed by atoms with Gasteiger partial charge in [0.25, 0.3) is 0 Å². The number of aliphatic hydroxyl groups excluding tert-OH is 1. The molecule has 292 valence electrons. The SMILES string of the molecule is CCCCCCCCCCCCCC(=O)OC(C)CCN(CCO)CCCCCC(=O)OC(CCCCCCCC)CCCCCCCC. The Hall–Kier alpha value is -1.14. The van der Waals surface area contributed by atoms with Crippen LogP contribution in [0.25, 0.3) is 0 Å². The normalized spacial score (nSPS) is 12.2. The Bertz CT molecular complexity index is 686. The zero-order valence-corrected chi connectivity index (χ0v) is 33.4. The van der Waals surface area contributed by atoms with Crippen molar-refractivity contribution in [2.75, 3.05) is 26.2 Å². The molecule has 1 N–H and O–H groups in total. The van der Waals surface area contributed by atoms with Gasteiger partial charge in [-0.25, -0.2) is 0 Å². The maximum absolute atomic E-state index is 12.7. The van der Waals surface area contributed by atoms with E-state index in [1.807, 2.05) is 6.92 Å². The molecule has 0 aromatic heterocycles. The molecule has 0 aliphatic heterocycles. The van der Waals surface area contributed by atoms with Gasteiger partial charge in [-0.15, -0.1) is 0 Å². The molecule has 0 bridgehead atoms. The number of unbranched alkanes of at least 4 members (excludes halogenated alkanes) is 22. The molecule has 0 rings (SSSR count). The fraction of sp³-hybridized carbons (Fsp3) is 0.953. The van der Waals surface area contributed by atoms with Crippen LogP contribution in [0.3, 0.4) is 0 Å². The first-order chi connectivity index (χ1) is 24.0. The molecular formula is C43H85NO5. The van der Waals surface area contributed by atoms with Crippen molar-refractivity contribution in [2.45, 2.75) is 239 Å². The molecule has 0 radical (unpaired) electrons. The lowest BCUT2D eigenvalue weighted by molar-refractivity contribution is -0.150. The predicted molar refractivity (Wildman–Crippen MR) is 209 cm³/mol. The van der Waals surface area contributed by atoms with E-state index in [4.69, 9.17) is 9.47 Å². The number of esters is 2. The van der Waals surface area contributed by atoms with Gasteiger partial charge in [-0.3, -0.25) is 9.59 Å². The zero-order chi connectivity index (χ0) is 36.0. The van der Waals surface area contributed by atoms with E-state index in [9.17, 15) is 14.7 Å². The van der Waals surface area contributed by atoms with Crippen molar-refractivity contribution in [2.24, 2.45) is 0 Å². The highest BCUT2D eigenvalue weighted by Gasteiger charge is 2.15. The van der Waals surface area contributed by atoms with Crippen molar-refractivity contribution >= 4 is 11.9 Å². The van der Waals surface area contributed by atoms with Crippen LogP contribution < -0.4 is 0 Å². The fourth-order valence-corrected chi connectivity index (χ4v) is 6.71. The Balaban J connectivity index is 4.15. The van der Waals surface area contributed by atoms with Gasteiger partial charge in [-0.1, -0.05) is 156 Å². The Morgan fingerprint density at radius 1 is 0.469 bits per heavy atom. The smallest absolute Gasteiger partial charge is 0.306 e. The van der Waals surface area contributed by atoms with Crippen LogP contribution in [0.4, 0.5) is 0 Å². The molecule has 0 aromatic carbocycles. The van der Waals surface area contributed by atoms with Gasteiger partial charge in [-0.2, -0.15) is 0 Å². The second-order valence-electron chi connectivity index (χ2n) is 15.0. The van der Waals surface area contributed by atoms with Crippen LogP contribution in [-0.2, 0) is 19.1 Å². The average Bonchev–Trinajstić information content (AvgIpc) is 3.08. The van der Waals surface area contributed by atoms with Crippen LogP contribution in [0, 0.1) is 0 Å². The highest BCUT2D eigenvalue weighted by atomic mass is 16.5. The molecule has 0 spiro atoms. The molecular weight excluding hydrogens is 610 g/mol. The zero-order valence-electron chi connectivity index (χ0n) is 33.4. The lowest BCUT2D eigenvalue weighted by Gasteiger charge is -2.23. The van der Waals surface area contributed by atoms with Gasteiger partial charge >= 0.3 is 11.9 Å². The third kappa shape index (κ3) is 35.1. The molecule has 0 heterocycles. The van der Waals surface area contributed by atoms with E-state index in [2.05, 4.69) is 25.7 Å². The van der Waals surface area contributed by atoms with Gasteiger partial charge in [0.1, 0.15) is 12.2 Å². The first kappa shape index (κ1) is 47.9. The first-order valence-electron chi connectivity index (χ1n) is 21.7. The summed E-state index contributed by atoms with van der Waals surface area (Å²) in [5.74, 6) is -0.108. The standard InChI is InChI=1S/C43H85NO5/c1-5-8-11-14-17-18-19-20-21-24-28-33-42(46)48-40(4)35-37-44(38-39-45)36-30-25-29-34-43(47)49-41(31-26-22-15-12-9-6-2)32-27-23-16-13-10-7-3/h40-41,45H,5-39H2,1-4H3. The summed E-state index contributed by atoms with van der Waals surface area (Å²) in [5, 5.41) is 9.58. The molecule has 0 amide bonds. The highest BCUT2D eigenvalue weighted by Crippen LogP contribution is 2.18. The van der Waals surface area contributed by atoms with Crippen molar-refractivity contribution < 1.29 is 24.2 Å². The summed E-state index contributed by atoms with van der Waals surface area (Å²) in [6, 6.07) is 0. The van der Waals surface area contributed by atoms with Gasteiger partial charge in [0, 0.05) is 25.9 Å². The maximum Gasteiger partial charge on any atom is 0.306 e. The van der Waals surface area contributed by atoms with Gasteiger partial charge in [0.15, 0.2) is 0 Å². The Kier molecular flexibility index (Phi) is 37.2. The first-order valence-corrected chi connectivity index (χ1v) is 21.7. The summed E-state index contributed by atoms with van der Waals surface area (Å²) in [4.78, 5) is 27.3. The fourth-order valence-electron chi connectivity index (χ4n) is 6.71. The quantitative estimate of drug-likeness (QED) is 0.0509. The van der Waals surface area contributed by atoms with Crippen molar-refractivity contribution in [3.63, 3.8) is 0 Å². The number of carbonyl (C=O) groups excluding carboxylic acids is 2. The number of carbonyl (C=O) groups is 2. The van der Waals surface area contributed by atoms with Gasteiger partial charge in [-0.05, 0) is 64.8 Å². The maximum atomic E-state index is 12.7. The van der Waals surface area contributed by atoms with Crippen molar-refractivity contribution in [3.05, 3.63) is 0 Å². The van der Waals surface area contributed by atoms with E-state index in [1.165, 1.54) is 122 Å². The third-order valence-corrected chi connectivity index (χ3v) is 10.00. The van der Waals surface area contributed by atoms with E-state index in [0.29, 0.717) is 19.4 Å². The number of hydrogen-bond acceptors (Lipinski definition) is 6. The largest absolute Gasteiger partial charge is 0.463 e. The minimum Gasteiger partial charge on any atom is -0.463 e. The van der Waals surface area contributed by atoms with E-state index >= 15 is 0 Å². The van der Waals surface area contributed by atoms with E-state index in [1.54, 1.807) is 0 Å². The van der Waals surface area contributed by atoms with Crippen LogP contribution in [0.15, 0.2) is 0 Å². The van der Waals surface area contributed by atoms with Gasteiger partial charge < -0.3 is 19.5 Å². The summed E-state index contributed by atoms with van der Waals surface area (Å²) in [5.41, 5.74) is 0. The predicted octanol–water partition coefficient (Wildman–Crippen LogP) is 12.3. The Morgan fingerprint density at radius 2 is 0.857 bits per heavy atom. The summed E-state index contributed by atoms with van der Waals surface area (Å²) in [6.45, 7) is 11.2. The molecule has 0 aliphatic carbocycles. The minimum atomic E-state index is -0.114. The lowest BCUT2D eigenvalue weighted by Crippen LogP contribution is -2.31. The average molecular weight is 696 g/mol. The van der Waals surface area contributed by atoms with Crippen LogP contribution in [0.5, 0.6) is 0 Å². The Morgan fingerprint density at radius 3 is 1.31 bits per heavy atom. The molecule has 0 aromatic rings. The Labute approximate surface area is 305 Å². The number of rotatable bonds is 39. The topological polar surface area (TPSA) is 76.1 Å². The van der Waals surface area contributed by atoms with Crippen LogP contribution >= 0.6 is 0 Å². The number of ether oxygens (including phenoxy) is 2. The number of nitrogens with zero attached hydrogens (tertiary/aromatic N) is 1. The summed E-state index contributed by atoms with van der Waals surface area (Å²) in [6.07, 6.45) is 35.8. The summed E-state index contributed by atoms with van der Waals surface area (Å²) in [7, 11) is 0. The molecule has 0 saturated carbocycles. The number of hydrogen-bond donors (Lipinski definition) is 1. The second kappa shape index (κ2) is 38.1. The minimum absolute atomic E-state index is 0.0296. The van der Waals surface area contributed by atoms with E-state index in [-0.39, 0.29) is 30.8 Å². The van der Waals surface area contributed by atoms with E-state index in [0.717, 1.165) is 77.3 Å². The highest BCUT2D eigenvalue weighted by molar-refractivity contribution is 5.69. The molecule has 49 heavy (non-hydrogen) atoms. The monoisotopic (exact) mass is 696 g/mol.